The highest BCUT2D eigenvalue weighted by molar-refractivity contribution is 6.35. The molecular formula is C23H18Cl2N2O4. The zero-order valence-corrected chi connectivity index (χ0v) is 18.2. The van der Waals surface area contributed by atoms with Crippen LogP contribution in [0.3, 0.4) is 0 Å². The molecule has 0 spiro atoms. The minimum atomic E-state index is -0.823. The molecule has 31 heavy (non-hydrogen) atoms. The van der Waals surface area contributed by atoms with E-state index < -0.39 is 6.10 Å². The van der Waals surface area contributed by atoms with E-state index in [1.54, 1.807) is 37.3 Å². The highest BCUT2D eigenvalue weighted by Crippen LogP contribution is 2.33. The van der Waals surface area contributed by atoms with Gasteiger partial charge in [0.2, 0.25) is 5.89 Å². The number of carbonyl (C=O) groups excluding carboxylic acids is 1. The normalized spacial score (nSPS) is 11.9. The largest absolute Gasteiger partial charge is 0.495 e. The molecule has 4 aromatic rings. The van der Waals surface area contributed by atoms with E-state index in [-0.39, 0.29) is 5.91 Å². The van der Waals surface area contributed by atoms with E-state index in [4.69, 9.17) is 37.1 Å². The van der Waals surface area contributed by atoms with E-state index in [1.807, 2.05) is 30.3 Å². The van der Waals surface area contributed by atoms with Crippen LogP contribution in [-0.2, 0) is 4.79 Å². The number of para-hydroxylation sites is 2. The third-order valence-corrected chi connectivity index (χ3v) is 5.10. The molecule has 158 valence electrons. The molecule has 0 aliphatic heterocycles. The Morgan fingerprint density at radius 3 is 2.58 bits per heavy atom. The van der Waals surface area contributed by atoms with E-state index in [9.17, 15) is 4.79 Å². The maximum absolute atomic E-state index is 12.8. The lowest BCUT2D eigenvalue weighted by atomic mass is 10.1. The van der Waals surface area contributed by atoms with Gasteiger partial charge in [-0.3, -0.25) is 4.79 Å². The van der Waals surface area contributed by atoms with Gasteiger partial charge in [0.15, 0.2) is 11.7 Å². The molecule has 0 aliphatic carbocycles. The van der Waals surface area contributed by atoms with Gasteiger partial charge in [-0.05, 0) is 55.5 Å². The Labute approximate surface area is 188 Å². The molecule has 0 saturated heterocycles. The van der Waals surface area contributed by atoms with Crippen LogP contribution in [0.5, 0.6) is 11.5 Å². The van der Waals surface area contributed by atoms with Crippen LogP contribution in [0.25, 0.3) is 22.6 Å². The molecule has 3 aromatic carbocycles. The summed E-state index contributed by atoms with van der Waals surface area (Å²) in [6.45, 7) is 1.62. The Balaban J connectivity index is 1.56. The van der Waals surface area contributed by atoms with Gasteiger partial charge in [0.25, 0.3) is 5.91 Å². The first kappa shape index (κ1) is 21.0. The Morgan fingerprint density at radius 2 is 1.84 bits per heavy atom. The number of nitrogens with one attached hydrogen (secondary N) is 1. The lowest BCUT2D eigenvalue weighted by molar-refractivity contribution is -0.122. The molecule has 1 atom stereocenters. The van der Waals surface area contributed by atoms with Crippen LogP contribution in [0.2, 0.25) is 10.0 Å². The zero-order valence-electron chi connectivity index (χ0n) is 16.7. The van der Waals surface area contributed by atoms with Gasteiger partial charge in [-0.25, -0.2) is 4.98 Å². The Bertz CT molecular complexity index is 1220. The zero-order chi connectivity index (χ0) is 22.0. The summed E-state index contributed by atoms with van der Waals surface area (Å²) in [6, 6.07) is 17.6. The lowest BCUT2D eigenvalue weighted by Gasteiger charge is -2.17. The molecule has 4 rings (SSSR count). The molecule has 0 radical (unpaired) electrons. The number of nitrogens with zero attached hydrogens (tertiary/aromatic N) is 1. The van der Waals surface area contributed by atoms with Gasteiger partial charge >= 0.3 is 0 Å². The van der Waals surface area contributed by atoms with Gasteiger partial charge in [-0.1, -0.05) is 35.3 Å². The number of oxazole rings is 1. The number of hydrogen-bond donors (Lipinski definition) is 1. The third kappa shape index (κ3) is 4.60. The third-order valence-electron chi connectivity index (χ3n) is 4.57. The molecule has 1 amide bonds. The van der Waals surface area contributed by atoms with Crippen LogP contribution in [0.1, 0.15) is 6.92 Å². The standard InChI is InChI=1S/C23H18Cl2N2O4/c1-13(30-19-10-8-15(24)12-16(19)25)22(28)26-18-11-14(7-9-20(18)29-2)23-27-17-5-3-4-6-21(17)31-23/h3-13H,1-2H3,(H,26,28)/t13-/m1/s1. The second-order valence-electron chi connectivity index (χ2n) is 6.73. The first-order valence-corrected chi connectivity index (χ1v) is 10.2. The number of ether oxygens (including phenoxy) is 2. The molecule has 0 aliphatic rings. The Morgan fingerprint density at radius 1 is 1.06 bits per heavy atom. The summed E-state index contributed by atoms with van der Waals surface area (Å²) in [7, 11) is 1.53. The molecule has 0 fully saturated rings. The van der Waals surface area contributed by atoms with Gasteiger partial charge in [-0.2, -0.15) is 0 Å². The molecule has 1 aromatic heterocycles. The van der Waals surface area contributed by atoms with Crippen molar-refractivity contribution in [1.82, 2.24) is 4.98 Å². The fourth-order valence-corrected chi connectivity index (χ4v) is 3.44. The number of amides is 1. The van der Waals surface area contributed by atoms with E-state index in [0.29, 0.717) is 44.3 Å². The maximum Gasteiger partial charge on any atom is 0.265 e. The van der Waals surface area contributed by atoms with Crippen LogP contribution in [0, 0.1) is 0 Å². The Hall–Kier alpha value is -3.22. The molecule has 8 heteroatoms. The minimum Gasteiger partial charge on any atom is -0.495 e. The minimum absolute atomic E-state index is 0.322. The molecule has 0 unspecified atom stereocenters. The SMILES string of the molecule is COc1ccc(-c2nc3ccccc3o2)cc1NC(=O)[C@@H](C)Oc1ccc(Cl)cc1Cl. The summed E-state index contributed by atoms with van der Waals surface area (Å²) in [5.41, 5.74) is 2.59. The van der Waals surface area contributed by atoms with Crippen molar-refractivity contribution in [2.24, 2.45) is 0 Å². The fourth-order valence-electron chi connectivity index (χ4n) is 2.98. The first-order chi connectivity index (χ1) is 14.9. The van der Waals surface area contributed by atoms with Crippen molar-refractivity contribution in [3.63, 3.8) is 0 Å². The van der Waals surface area contributed by atoms with Gasteiger partial charge in [0.1, 0.15) is 17.0 Å². The van der Waals surface area contributed by atoms with Gasteiger partial charge in [0, 0.05) is 10.6 Å². The van der Waals surface area contributed by atoms with Gasteiger partial charge < -0.3 is 19.2 Å². The van der Waals surface area contributed by atoms with Gasteiger partial charge in [-0.15, -0.1) is 0 Å². The second-order valence-corrected chi connectivity index (χ2v) is 7.57. The Kier molecular flexibility index (Phi) is 6.02. The molecular weight excluding hydrogens is 439 g/mol. The number of carbonyl (C=O) groups is 1. The number of hydrogen-bond acceptors (Lipinski definition) is 5. The van der Waals surface area contributed by atoms with Crippen molar-refractivity contribution in [1.29, 1.82) is 0 Å². The van der Waals surface area contributed by atoms with E-state index >= 15 is 0 Å². The van der Waals surface area contributed by atoms with Crippen LogP contribution in [0.15, 0.2) is 65.1 Å². The molecule has 1 heterocycles. The topological polar surface area (TPSA) is 73.6 Å². The van der Waals surface area contributed by atoms with Crippen LogP contribution < -0.4 is 14.8 Å². The predicted molar refractivity (Wildman–Crippen MR) is 121 cm³/mol. The molecule has 0 bridgehead atoms. The average Bonchev–Trinajstić information content (AvgIpc) is 3.20. The smallest absolute Gasteiger partial charge is 0.265 e. The molecule has 1 N–H and O–H groups in total. The lowest BCUT2D eigenvalue weighted by Crippen LogP contribution is -2.30. The van der Waals surface area contributed by atoms with E-state index in [0.717, 1.165) is 5.52 Å². The van der Waals surface area contributed by atoms with Crippen molar-refractivity contribution >= 4 is 45.9 Å². The number of halogens is 2. The van der Waals surface area contributed by atoms with Gasteiger partial charge in [0.05, 0.1) is 17.8 Å². The number of aromatic nitrogens is 1. The summed E-state index contributed by atoms with van der Waals surface area (Å²) in [5, 5.41) is 3.63. The highest BCUT2D eigenvalue weighted by atomic mass is 35.5. The summed E-state index contributed by atoms with van der Waals surface area (Å²) >= 11 is 12.0. The first-order valence-electron chi connectivity index (χ1n) is 9.41. The summed E-state index contributed by atoms with van der Waals surface area (Å²) in [6.07, 6.45) is -0.823. The van der Waals surface area contributed by atoms with Crippen LogP contribution in [0.4, 0.5) is 5.69 Å². The van der Waals surface area contributed by atoms with E-state index in [2.05, 4.69) is 10.3 Å². The summed E-state index contributed by atoms with van der Waals surface area (Å²) in [4.78, 5) is 17.2. The van der Waals surface area contributed by atoms with Crippen molar-refractivity contribution in [3.8, 4) is 23.0 Å². The number of benzene rings is 3. The monoisotopic (exact) mass is 456 g/mol. The van der Waals surface area contributed by atoms with Crippen LogP contribution >= 0.6 is 23.2 Å². The van der Waals surface area contributed by atoms with E-state index in [1.165, 1.54) is 7.11 Å². The van der Waals surface area contributed by atoms with Crippen molar-refractivity contribution in [3.05, 3.63) is 70.7 Å². The van der Waals surface area contributed by atoms with Crippen molar-refractivity contribution in [2.45, 2.75) is 13.0 Å². The quantitative estimate of drug-likeness (QED) is 0.372. The number of methoxy groups -OCH3 is 1. The number of rotatable bonds is 6. The average molecular weight is 457 g/mol. The molecule has 0 saturated carbocycles. The van der Waals surface area contributed by atoms with Crippen LogP contribution in [-0.4, -0.2) is 24.1 Å². The number of anilines is 1. The molecule has 6 nitrogen and oxygen atoms in total. The van der Waals surface area contributed by atoms with Crippen molar-refractivity contribution in [2.75, 3.05) is 12.4 Å². The number of fused-ring (bicyclic) bond motifs is 1. The van der Waals surface area contributed by atoms with Crippen molar-refractivity contribution < 1.29 is 18.7 Å². The maximum atomic E-state index is 12.8. The highest BCUT2D eigenvalue weighted by Gasteiger charge is 2.19. The summed E-state index contributed by atoms with van der Waals surface area (Å²) in [5.74, 6) is 0.918. The fraction of sp³-hybridized carbons (Fsp3) is 0.130. The second kappa shape index (κ2) is 8.88. The predicted octanol–water partition coefficient (Wildman–Crippen LogP) is 6.22. The summed E-state index contributed by atoms with van der Waals surface area (Å²) < 4.78 is 16.9.